The monoisotopic (exact) mass is 619 g/mol. The van der Waals surface area contributed by atoms with Gasteiger partial charge in [-0.2, -0.15) is 0 Å². The molecule has 43 heavy (non-hydrogen) atoms. The Balaban J connectivity index is 1.76. The zero-order chi connectivity index (χ0) is 31.7. The number of ether oxygens (including phenoxy) is 1. The summed E-state index contributed by atoms with van der Waals surface area (Å²) in [5.74, 6) is -2.45. The molecule has 1 aliphatic heterocycles. The van der Waals surface area contributed by atoms with Gasteiger partial charge in [0, 0.05) is 18.5 Å². The van der Waals surface area contributed by atoms with Crippen molar-refractivity contribution in [1.82, 2.24) is 26.6 Å². The highest BCUT2D eigenvalue weighted by atomic mass is 32.1. The van der Waals surface area contributed by atoms with Crippen LogP contribution in [0, 0.1) is 17.8 Å². The summed E-state index contributed by atoms with van der Waals surface area (Å²) in [6.07, 6.45) is 1.72. The van der Waals surface area contributed by atoms with Crippen molar-refractivity contribution in [3.8, 4) is 5.75 Å². The molecule has 0 radical (unpaired) electrons. The van der Waals surface area contributed by atoms with Crippen LogP contribution in [0.15, 0.2) is 30.3 Å². The number of aliphatic hydroxyl groups is 1. The first-order valence-corrected chi connectivity index (χ1v) is 15.4. The van der Waals surface area contributed by atoms with Crippen LogP contribution in [0.2, 0.25) is 0 Å². The van der Waals surface area contributed by atoms with Crippen LogP contribution in [0.25, 0.3) is 0 Å². The fourth-order valence-corrected chi connectivity index (χ4v) is 5.11. The van der Waals surface area contributed by atoms with Gasteiger partial charge in [0.2, 0.25) is 22.7 Å². The Morgan fingerprint density at radius 2 is 1.53 bits per heavy atom. The third kappa shape index (κ3) is 10.7. The molecule has 0 unspecified atom stereocenters. The van der Waals surface area contributed by atoms with E-state index in [0.717, 1.165) is 12.8 Å². The van der Waals surface area contributed by atoms with Crippen LogP contribution in [0.1, 0.15) is 66.2 Å². The van der Waals surface area contributed by atoms with Crippen molar-refractivity contribution in [1.29, 1.82) is 0 Å². The topological polar surface area (TPSA) is 175 Å². The summed E-state index contributed by atoms with van der Waals surface area (Å²) in [6, 6.07) is 5.07. The van der Waals surface area contributed by atoms with Crippen molar-refractivity contribution in [3.63, 3.8) is 0 Å². The number of rotatable bonds is 15. The van der Waals surface area contributed by atoms with Crippen molar-refractivity contribution in [2.75, 3.05) is 6.54 Å². The maximum absolute atomic E-state index is 13.7. The zero-order valence-corrected chi connectivity index (χ0v) is 26.1. The van der Waals surface area contributed by atoms with Gasteiger partial charge in [-0.1, -0.05) is 45.9 Å². The van der Waals surface area contributed by atoms with Gasteiger partial charge in [-0.25, -0.2) is 4.79 Å². The lowest BCUT2D eigenvalue weighted by Gasteiger charge is -2.34. The lowest BCUT2D eigenvalue weighted by atomic mass is 9.93. The molecular formula is C30H45N5O7S. The lowest BCUT2D eigenvalue weighted by molar-refractivity contribution is -0.138. The van der Waals surface area contributed by atoms with Gasteiger partial charge >= 0.3 is 6.09 Å². The predicted octanol–water partition coefficient (Wildman–Crippen LogP) is 1.63. The van der Waals surface area contributed by atoms with E-state index in [4.69, 9.17) is 4.74 Å². The van der Waals surface area contributed by atoms with Gasteiger partial charge in [0.15, 0.2) is 0 Å². The second-order valence-corrected chi connectivity index (χ2v) is 12.9. The third-order valence-electron chi connectivity index (χ3n) is 7.34. The van der Waals surface area contributed by atoms with Crippen LogP contribution in [-0.4, -0.2) is 70.5 Å². The Labute approximate surface area is 258 Å². The fourth-order valence-electron chi connectivity index (χ4n) is 4.87. The molecule has 5 amide bonds. The van der Waals surface area contributed by atoms with Crippen LogP contribution in [0.4, 0.5) is 4.79 Å². The molecule has 1 aromatic carbocycles. The van der Waals surface area contributed by atoms with Crippen molar-refractivity contribution in [2.45, 2.75) is 95.3 Å². The molecule has 13 heteroatoms. The van der Waals surface area contributed by atoms with Gasteiger partial charge in [0.05, 0.1) is 6.04 Å². The average Bonchev–Trinajstić information content (AvgIpc) is 3.65. The minimum atomic E-state index is -2.31. The van der Waals surface area contributed by atoms with Gasteiger partial charge in [-0.15, -0.1) is 12.6 Å². The molecule has 238 valence electrons. The first-order valence-electron chi connectivity index (χ1n) is 14.9. The van der Waals surface area contributed by atoms with Crippen LogP contribution in [0.3, 0.4) is 0 Å². The number of carbonyl (C=O) groups is 5. The van der Waals surface area contributed by atoms with E-state index in [-0.39, 0.29) is 43.0 Å². The number of carbonyl (C=O) groups excluding carboxylic acids is 5. The van der Waals surface area contributed by atoms with Crippen LogP contribution >= 0.6 is 12.6 Å². The van der Waals surface area contributed by atoms with E-state index in [0.29, 0.717) is 18.7 Å². The molecule has 6 N–H and O–H groups in total. The van der Waals surface area contributed by atoms with E-state index in [9.17, 15) is 29.1 Å². The predicted molar refractivity (Wildman–Crippen MR) is 163 cm³/mol. The minimum absolute atomic E-state index is 0.0243. The van der Waals surface area contributed by atoms with Gasteiger partial charge in [0.1, 0.15) is 17.8 Å². The van der Waals surface area contributed by atoms with Gasteiger partial charge in [0.25, 0.3) is 5.91 Å². The molecule has 0 bridgehead atoms. The number of nitrogens with one attached hydrogen (secondary N) is 5. The normalized spacial score (nSPS) is 19.9. The van der Waals surface area contributed by atoms with E-state index < -0.39 is 52.8 Å². The number of hydrogen-bond donors (Lipinski definition) is 7. The quantitative estimate of drug-likeness (QED) is 0.115. The molecule has 0 aromatic heterocycles. The lowest BCUT2D eigenvalue weighted by Crippen LogP contribution is -2.62. The minimum Gasteiger partial charge on any atom is -0.410 e. The van der Waals surface area contributed by atoms with Crippen molar-refractivity contribution >= 4 is 42.4 Å². The Hall–Kier alpha value is -3.32. The Morgan fingerprint density at radius 1 is 0.953 bits per heavy atom. The van der Waals surface area contributed by atoms with E-state index in [1.807, 2.05) is 27.7 Å². The van der Waals surface area contributed by atoms with Crippen molar-refractivity contribution in [3.05, 3.63) is 30.3 Å². The zero-order valence-electron chi connectivity index (χ0n) is 25.2. The molecule has 5 atom stereocenters. The number of hydrogen-bond acceptors (Lipinski definition) is 8. The summed E-state index contributed by atoms with van der Waals surface area (Å²) in [4.78, 5) is 62.7. The van der Waals surface area contributed by atoms with Crippen LogP contribution in [0.5, 0.6) is 5.75 Å². The highest BCUT2D eigenvalue weighted by molar-refractivity contribution is 7.82. The summed E-state index contributed by atoms with van der Waals surface area (Å²) in [5, 5.41) is 24.7. The molecule has 1 heterocycles. The van der Waals surface area contributed by atoms with Gasteiger partial charge in [-0.3, -0.25) is 19.2 Å². The standard InChI is InChI=1S/C30H45N5O7S/c1-17(2)14-22(33-26(37)23(15-18(3)4)34-29(40)42-21-8-6-5-7-9-21)27(38)35-24(16-19-12-13-31-25(19)36)30(41,43)28(39)32-20-10-11-20/h5-9,17-20,22-24,41,43H,10-16H2,1-4H3,(H,31,36)(H,32,39)(H,33,37)(H,34,40)(H,35,38)/t19-,22-,23-,24-,30-/m0/s1. The SMILES string of the molecule is CC(C)C[C@H](NC(=O)Oc1ccccc1)C(=O)N[C@@H](CC(C)C)C(=O)N[C@@H](C[C@@H]1CCNC1=O)[C@](O)(S)C(=O)NC1CC1. The first kappa shape index (κ1) is 34.2. The number of amides is 5. The number of benzene rings is 1. The van der Waals surface area contributed by atoms with E-state index in [1.165, 1.54) is 0 Å². The Morgan fingerprint density at radius 3 is 2.07 bits per heavy atom. The molecule has 0 spiro atoms. The second kappa shape index (κ2) is 15.4. The largest absolute Gasteiger partial charge is 0.413 e. The van der Waals surface area contributed by atoms with Crippen molar-refractivity contribution < 1.29 is 33.8 Å². The molecule has 3 rings (SSSR count). The first-order chi connectivity index (χ1) is 20.3. The number of para-hydroxylation sites is 1. The molecule has 1 aliphatic carbocycles. The maximum atomic E-state index is 13.7. The molecule has 1 aromatic rings. The Kier molecular flexibility index (Phi) is 12.3. The van der Waals surface area contributed by atoms with E-state index in [2.05, 4.69) is 39.2 Å². The van der Waals surface area contributed by atoms with E-state index >= 15 is 0 Å². The average molecular weight is 620 g/mol. The molecule has 1 saturated heterocycles. The molecular weight excluding hydrogens is 574 g/mol. The summed E-state index contributed by atoms with van der Waals surface area (Å²) < 4.78 is 5.29. The van der Waals surface area contributed by atoms with Gasteiger partial charge in [-0.05, 0) is 62.5 Å². The summed E-state index contributed by atoms with van der Waals surface area (Å²) in [7, 11) is 0. The summed E-state index contributed by atoms with van der Waals surface area (Å²) in [5.41, 5.74) is 0. The summed E-state index contributed by atoms with van der Waals surface area (Å²) in [6.45, 7) is 8.00. The van der Waals surface area contributed by atoms with Crippen LogP contribution < -0.4 is 31.3 Å². The summed E-state index contributed by atoms with van der Waals surface area (Å²) >= 11 is 4.26. The van der Waals surface area contributed by atoms with Crippen molar-refractivity contribution in [2.24, 2.45) is 17.8 Å². The Bertz CT molecular complexity index is 1140. The molecule has 1 saturated carbocycles. The highest BCUT2D eigenvalue weighted by Gasteiger charge is 2.46. The fraction of sp³-hybridized carbons (Fsp3) is 0.633. The van der Waals surface area contributed by atoms with Gasteiger partial charge < -0.3 is 36.4 Å². The third-order valence-corrected chi connectivity index (χ3v) is 7.86. The molecule has 12 nitrogen and oxygen atoms in total. The number of thiol groups is 1. The molecule has 2 fully saturated rings. The molecule has 2 aliphatic rings. The second-order valence-electron chi connectivity index (χ2n) is 12.3. The highest BCUT2D eigenvalue weighted by Crippen LogP contribution is 2.28. The smallest absolute Gasteiger partial charge is 0.410 e. The maximum Gasteiger partial charge on any atom is 0.413 e. The van der Waals surface area contributed by atoms with Crippen LogP contribution in [-0.2, 0) is 19.2 Å². The van der Waals surface area contributed by atoms with E-state index in [1.54, 1.807) is 30.3 Å².